The van der Waals surface area contributed by atoms with Gasteiger partial charge in [0.2, 0.25) is 0 Å². The Balaban J connectivity index is 1.74. The predicted octanol–water partition coefficient (Wildman–Crippen LogP) is 4.34. The van der Waals surface area contributed by atoms with E-state index in [0.29, 0.717) is 26.9 Å². The fraction of sp³-hybridized carbons (Fsp3) is 0.0400. The van der Waals surface area contributed by atoms with E-state index in [1.54, 1.807) is 12.1 Å². The molecule has 0 fully saturated rings. The van der Waals surface area contributed by atoms with Gasteiger partial charge in [-0.05, 0) is 39.2 Å². The molecule has 3 N–H and O–H groups in total. The van der Waals surface area contributed by atoms with Crippen LogP contribution in [0.5, 0.6) is 11.5 Å². The largest absolute Gasteiger partial charge is 0.503 e. The van der Waals surface area contributed by atoms with Crippen LogP contribution in [0.1, 0.15) is 15.9 Å². The average Bonchev–Trinajstić information content (AvgIpc) is 2.86. The van der Waals surface area contributed by atoms with Gasteiger partial charge in [-0.1, -0.05) is 60.7 Å². The Labute approximate surface area is 203 Å². The second-order valence-electron chi connectivity index (χ2n) is 7.14. The number of nitrogens with zero attached hydrogens (tertiary/aromatic N) is 2. The fourth-order valence-corrected chi connectivity index (χ4v) is 3.86. The highest BCUT2D eigenvalue weighted by molar-refractivity contribution is 9.10. The van der Waals surface area contributed by atoms with Crippen LogP contribution in [0.25, 0.3) is 22.4 Å². The number of ether oxygens (including phenoxy) is 1. The number of halogens is 1. The number of carbonyl (C=O) groups is 1. The minimum Gasteiger partial charge on any atom is -0.503 e. The smallest absolute Gasteiger partial charge is 0.277 e. The number of hydrogen-bond acceptors (Lipinski definition) is 6. The standard InChI is InChI=1S/C25H19BrN4O4/c1-34-19-13-15(12-18(26)23(19)31)14-27-29-24(32)21-20(16-8-4-2-5-9-16)22(28-30-25(21)33)17-10-6-3-7-11-17/h2-14,31H,1H3,(H,29,32)(H,30,33). The molecular formula is C25H19BrN4O4. The summed E-state index contributed by atoms with van der Waals surface area (Å²) in [6.07, 6.45) is 1.38. The van der Waals surface area contributed by atoms with Crippen molar-refractivity contribution in [1.29, 1.82) is 0 Å². The van der Waals surface area contributed by atoms with Crippen molar-refractivity contribution in [3.8, 4) is 33.9 Å². The van der Waals surface area contributed by atoms with Crippen molar-refractivity contribution >= 4 is 28.1 Å². The maximum Gasteiger partial charge on any atom is 0.277 e. The summed E-state index contributed by atoms with van der Waals surface area (Å²) in [5, 5.41) is 20.6. The lowest BCUT2D eigenvalue weighted by Gasteiger charge is -2.13. The first-order valence-electron chi connectivity index (χ1n) is 10.1. The summed E-state index contributed by atoms with van der Waals surface area (Å²) in [6.45, 7) is 0. The molecule has 0 saturated heterocycles. The number of hydrazone groups is 1. The van der Waals surface area contributed by atoms with Crippen molar-refractivity contribution in [2.45, 2.75) is 0 Å². The van der Waals surface area contributed by atoms with Gasteiger partial charge in [0.1, 0.15) is 5.56 Å². The van der Waals surface area contributed by atoms with Gasteiger partial charge in [0.05, 0.1) is 23.5 Å². The number of rotatable bonds is 6. The van der Waals surface area contributed by atoms with Crippen molar-refractivity contribution in [2.24, 2.45) is 5.10 Å². The Hall–Kier alpha value is -4.24. The van der Waals surface area contributed by atoms with Crippen LogP contribution in [-0.4, -0.2) is 34.5 Å². The molecule has 0 bridgehead atoms. The molecule has 34 heavy (non-hydrogen) atoms. The van der Waals surface area contributed by atoms with Gasteiger partial charge >= 0.3 is 0 Å². The topological polar surface area (TPSA) is 117 Å². The molecule has 0 aliphatic carbocycles. The van der Waals surface area contributed by atoms with Crippen molar-refractivity contribution in [3.05, 3.63) is 98.7 Å². The zero-order valence-electron chi connectivity index (χ0n) is 17.9. The lowest BCUT2D eigenvalue weighted by atomic mass is 9.95. The zero-order chi connectivity index (χ0) is 24.1. The molecule has 0 aliphatic heterocycles. The summed E-state index contributed by atoms with van der Waals surface area (Å²) < 4.78 is 5.52. The molecule has 0 aliphatic rings. The molecule has 1 aromatic heterocycles. The van der Waals surface area contributed by atoms with Crippen LogP contribution < -0.4 is 15.7 Å². The highest BCUT2D eigenvalue weighted by Gasteiger charge is 2.22. The molecule has 0 radical (unpaired) electrons. The number of carbonyl (C=O) groups excluding carboxylic acids is 1. The highest BCUT2D eigenvalue weighted by Crippen LogP contribution is 2.35. The minimum absolute atomic E-state index is 0.0482. The van der Waals surface area contributed by atoms with Gasteiger partial charge in [0, 0.05) is 11.1 Å². The third-order valence-corrected chi connectivity index (χ3v) is 5.57. The molecule has 0 atom stereocenters. The Morgan fingerprint density at radius 2 is 1.74 bits per heavy atom. The Morgan fingerprint density at radius 1 is 1.09 bits per heavy atom. The predicted molar refractivity (Wildman–Crippen MR) is 133 cm³/mol. The van der Waals surface area contributed by atoms with E-state index in [9.17, 15) is 14.7 Å². The van der Waals surface area contributed by atoms with E-state index < -0.39 is 11.5 Å². The van der Waals surface area contributed by atoms with Crippen LogP contribution in [0.2, 0.25) is 0 Å². The average molecular weight is 519 g/mol. The summed E-state index contributed by atoms with van der Waals surface area (Å²) in [5.41, 5.74) is 4.50. The van der Waals surface area contributed by atoms with E-state index in [1.807, 2.05) is 60.7 Å². The van der Waals surface area contributed by atoms with Gasteiger partial charge in [0.25, 0.3) is 11.5 Å². The summed E-state index contributed by atoms with van der Waals surface area (Å²) in [7, 11) is 1.43. The first kappa shape index (κ1) is 22.9. The van der Waals surface area contributed by atoms with Gasteiger partial charge in [-0.2, -0.15) is 10.2 Å². The number of hydrogen-bond donors (Lipinski definition) is 3. The quantitative estimate of drug-likeness (QED) is 0.259. The van der Waals surface area contributed by atoms with E-state index in [2.05, 4.69) is 36.7 Å². The van der Waals surface area contributed by atoms with E-state index >= 15 is 0 Å². The number of amides is 1. The van der Waals surface area contributed by atoms with E-state index in [0.717, 1.165) is 5.56 Å². The van der Waals surface area contributed by atoms with Crippen molar-refractivity contribution in [3.63, 3.8) is 0 Å². The molecule has 0 saturated carbocycles. The number of methoxy groups -OCH3 is 1. The molecule has 170 valence electrons. The molecular weight excluding hydrogens is 500 g/mol. The first-order valence-corrected chi connectivity index (χ1v) is 10.9. The number of aromatic hydroxyl groups is 1. The van der Waals surface area contributed by atoms with Gasteiger partial charge in [0.15, 0.2) is 11.5 Å². The van der Waals surface area contributed by atoms with Gasteiger partial charge in [-0.25, -0.2) is 10.5 Å². The number of phenols is 1. The normalized spacial score (nSPS) is 10.9. The lowest BCUT2D eigenvalue weighted by molar-refractivity contribution is 0.0954. The molecule has 0 unspecified atom stereocenters. The molecule has 8 nitrogen and oxygen atoms in total. The SMILES string of the molecule is COc1cc(C=NNC(=O)c2c(-c3ccccc3)c(-c3ccccc3)n[nH]c2=O)cc(Br)c1O. The zero-order valence-corrected chi connectivity index (χ0v) is 19.5. The van der Waals surface area contributed by atoms with Gasteiger partial charge in [-0.15, -0.1) is 0 Å². The van der Waals surface area contributed by atoms with Crippen molar-refractivity contribution < 1.29 is 14.6 Å². The van der Waals surface area contributed by atoms with Gasteiger partial charge < -0.3 is 9.84 Å². The molecule has 0 spiro atoms. The van der Waals surface area contributed by atoms with Crippen LogP contribution in [0.15, 0.2) is 87.2 Å². The maximum atomic E-state index is 13.1. The molecule has 3 aromatic carbocycles. The Bertz CT molecular complexity index is 1420. The third-order valence-electron chi connectivity index (χ3n) is 4.97. The van der Waals surface area contributed by atoms with Crippen LogP contribution in [-0.2, 0) is 0 Å². The minimum atomic E-state index is -0.694. The van der Waals surface area contributed by atoms with Crippen LogP contribution in [0, 0.1) is 0 Å². The molecule has 4 rings (SSSR count). The second kappa shape index (κ2) is 10.1. The van der Waals surface area contributed by atoms with E-state index in [4.69, 9.17) is 4.74 Å². The van der Waals surface area contributed by atoms with E-state index in [-0.39, 0.29) is 17.1 Å². The Morgan fingerprint density at radius 3 is 2.38 bits per heavy atom. The molecule has 9 heteroatoms. The fourth-order valence-electron chi connectivity index (χ4n) is 3.40. The monoisotopic (exact) mass is 518 g/mol. The van der Waals surface area contributed by atoms with Crippen molar-refractivity contribution in [1.82, 2.24) is 15.6 Å². The van der Waals surface area contributed by atoms with E-state index in [1.165, 1.54) is 13.3 Å². The first-order chi connectivity index (χ1) is 16.5. The summed E-state index contributed by atoms with van der Waals surface area (Å²) in [4.78, 5) is 25.9. The summed E-state index contributed by atoms with van der Waals surface area (Å²) >= 11 is 3.24. The Kier molecular flexibility index (Phi) is 6.84. The molecule has 1 heterocycles. The van der Waals surface area contributed by atoms with Gasteiger partial charge in [-0.3, -0.25) is 9.59 Å². The number of nitrogens with one attached hydrogen (secondary N) is 2. The van der Waals surface area contributed by atoms with Crippen LogP contribution in [0.4, 0.5) is 0 Å². The molecule has 1 amide bonds. The number of aromatic amines is 1. The summed E-state index contributed by atoms with van der Waals surface area (Å²) in [5.74, 6) is -0.500. The van der Waals surface area contributed by atoms with Crippen LogP contribution in [0.3, 0.4) is 0 Å². The number of aromatic nitrogens is 2. The third kappa shape index (κ3) is 4.74. The second-order valence-corrected chi connectivity index (χ2v) is 7.99. The number of phenolic OH excluding ortho intramolecular Hbond substituents is 1. The highest BCUT2D eigenvalue weighted by atomic mass is 79.9. The maximum absolute atomic E-state index is 13.1. The number of H-pyrrole nitrogens is 1. The molecule has 4 aromatic rings. The van der Waals surface area contributed by atoms with Crippen molar-refractivity contribution in [2.75, 3.05) is 7.11 Å². The number of benzene rings is 3. The summed E-state index contributed by atoms with van der Waals surface area (Å²) in [6, 6.07) is 21.5. The van der Waals surface area contributed by atoms with Crippen LogP contribution >= 0.6 is 15.9 Å². The lowest BCUT2D eigenvalue weighted by Crippen LogP contribution is -2.28.